The first-order valence-electron chi connectivity index (χ1n) is 0. The molecule has 0 bridgehead atoms. The molecule has 0 nitrogen and oxygen atoms in total. The number of rotatable bonds is 0. The third-order valence-corrected chi connectivity index (χ3v) is 0. The van der Waals surface area contributed by atoms with Crippen molar-refractivity contribution in [2.45, 2.75) is 0 Å². The summed E-state index contributed by atoms with van der Waals surface area (Å²) in [4.78, 5) is 0. The van der Waals surface area contributed by atoms with Gasteiger partial charge in [-0.05, 0) is 0 Å². The zero-order valence-electron chi connectivity index (χ0n) is 1.62. The van der Waals surface area contributed by atoms with Crippen LogP contribution in [0.2, 0.25) is 0 Å². The van der Waals surface area contributed by atoms with Crippen LogP contribution in [0.5, 0.6) is 0 Å². The van der Waals surface area contributed by atoms with E-state index < -0.39 is 0 Å². The Balaban J connectivity index is 0. The van der Waals surface area contributed by atoms with E-state index in [4.69, 9.17) is 0 Å². The maximum Gasteiger partial charge on any atom is 0 e. The second-order valence-electron chi connectivity index (χ2n) is 0. The van der Waals surface area contributed by atoms with E-state index in [9.17, 15) is 0 Å². The van der Waals surface area contributed by atoms with Crippen molar-refractivity contribution in [3.8, 4) is 0 Å². The topological polar surface area (TPSA) is 0 Å². The van der Waals surface area contributed by atoms with Crippen LogP contribution in [0, 0.1) is 0 Å². The molecule has 0 aromatic carbocycles. The van der Waals surface area contributed by atoms with Crippen LogP contribution in [0.15, 0.2) is 0 Å². The molecule has 0 N–H and O–H groups in total. The largest absolute Gasteiger partial charge is 0 e. The number of hydrogen-bond donors (Lipinski definition) is 0. The van der Waals surface area contributed by atoms with Crippen molar-refractivity contribution < 1.29 is 77.9 Å². The van der Waals surface area contributed by atoms with Crippen LogP contribution >= 0.6 is 0 Å². The maximum absolute atomic E-state index is 0. The minimum Gasteiger partial charge on any atom is 0 e. The Morgan fingerprint density at radius 2 is 1.00 bits per heavy atom. The minimum atomic E-state index is 0. The molecular weight excluding hydrogens is 297 g/mol. The van der Waals surface area contributed by atoms with Crippen molar-refractivity contribution in [3.05, 3.63) is 0 Å². The molecule has 0 aromatic rings. The van der Waals surface area contributed by atoms with Crippen LogP contribution in [0.3, 0.4) is 0 Å². The van der Waals surface area contributed by atoms with Crippen molar-refractivity contribution in [2.24, 2.45) is 0 Å². The zero-order chi connectivity index (χ0) is 0. The van der Waals surface area contributed by atoms with Crippen LogP contribution in [0.4, 0.5) is 0 Å². The molecule has 0 aliphatic rings. The first-order valence-corrected chi connectivity index (χ1v) is 0. The van der Waals surface area contributed by atoms with Crippen LogP contribution in [-0.4, -0.2) is 0 Å². The maximum atomic E-state index is 0. The molecule has 0 saturated heterocycles. The molecule has 0 rings (SSSR count). The Bertz CT molecular complexity index is 8.00. The summed E-state index contributed by atoms with van der Waals surface area (Å²) >= 11 is 0. The average Bonchev–Trinajstić information content (AvgIpc) is 0. The fraction of sp³-hybridized carbons (Fsp3) is 0. The van der Waals surface area contributed by atoms with E-state index in [1.807, 2.05) is 0 Å². The van der Waals surface area contributed by atoms with Crippen molar-refractivity contribution >= 4 is 0 Å². The van der Waals surface area contributed by atoms with Gasteiger partial charge in [-0.15, -0.1) is 0 Å². The van der Waals surface area contributed by atoms with E-state index >= 15 is 0 Å². The normalized spacial score (nSPS) is 0. The molecule has 0 heterocycles. The van der Waals surface area contributed by atoms with Gasteiger partial charge in [-0.1, -0.05) is 0 Å². The predicted octanol–water partition coefficient (Wildman–Crippen LogP) is -0.0100. The summed E-state index contributed by atoms with van der Waals surface area (Å²) in [5, 5.41) is 0. The molecule has 0 aliphatic carbocycles. The average molecular weight is 297 g/mol. The Hall–Kier alpha value is 2.48. The molecule has 0 atom stereocenters. The van der Waals surface area contributed by atoms with Gasteiger partial charge in [0.1, 0.15) is 0 Å². The van der Waals surface area contributed by atoms with Gasteiger partial charge in [0.05, 0.1) is 0 Å². The smallest absolute Gasteiger partial charge is 0 e. The second kappa shape index (κ2) is 17.9. The third-order valence-electron chi connectivity index (χ3n) is 0. The molecule has 0 aromatic heterocycles. The summed E-state index contributed by atoms with van der Waals surface area (Å²) in [5.74, 6) is 0. The number of hydrogen-bond acceptors (Lipinski definition) is 0. The van der Waals surface area contributed by atoms with Crippen LogP contribution in [0.25, 0.3) is 0 Å². The molecule has 4 heteroatoms. The van der Waals surface area contributed by atoms with E-state index in [-0.39, 0.29) is 77.9 Å². The first-order chi connectivity index (χ1) is 0. The molecule has 0 amide bonds. The molecule has 25 valence electrons. The van der Waals surface area contributed by atoms with Crippen molar-refractivity contribution in [1.29, 1.82) is 0 Å². The van der Waals surface area contributed by atoms with Crippen molar-refractivity contribution in [2.75, 3.05) is 0 Å². The van der Waals surface area contributed by atoms with Gasteiger partial charge in [-0.2, -0.15) is 0 Å². The van der Waals surface area contributed by atoms with Crippen molar-refractivity contribution in [1.82, 2.24) is 0 Å². The molecular formula is CrFeMoNb. The van der Waals surface area contributed by atoms with Gasteiger partial charge in [0, 0.05) is 77.9 Å². The Labute approximate surface area is 76.9 Å². The van der Waals surface area contributed by atoms with E-state index in [1.165, 1.54) is 0 Å². The predicted molar refractivity (Wildman–Crippen MR) is 0 cm³/mol. The van der Waals surface area contributed by atoms with E-state index in [0.717, 1.165) is 0 Å². The fourth-order valence-corrected chi connectivity index (χ4v) is 0. The molecule has 4 heavy (non-hydrogen) atoms. The Morgan fingerprint density at radius 1 is 1.00 bits per heavy atom. The minimum absolute atomic E-state index is 0. The summed E-state index contributed by atoms with van der Waals surface area (Å²) in [5.41, 5.74) is 0. The van der Waals surface area contributed by atoms with Crippen LogP contribution < -0.4 is 0 Å². The van der Waals surface area contributed by atoms with E-state index in [0.29, 0.717) is 0 Å². The molecule has 0 spiro atoms. The molecule has 0 saturated carbocycles. The van der Waals surface area contributed by atoms with Crippen LogP contribution in [-0.2, 0) is 77.9 Å². The molecule has 0 aliphatic heterocycles. The van der Waals surface area contributed by atoms with Crippen molar-refractivity contribution in [3.63, 3.8) is 0 Å². The van der Waals surface area contributed by atoms with Gasteiger partial charge in [0.2, 0.25) is 0 Å². The van der Waals surface area contributed by atoms with Gasteiger partial charge in [0.15, 0.2) is 0 Å². The molecule has 0 unspecified atom stereocenters. The SMILES string of the molecule is [Cr].[Fe].[Mo].[Nb]. The zero-order valence-corrected chi connectivity index (χ0v) is 8.20. The quantitative estimate of drug-likeness (QED) is 0.552. The summed E-state index contributed by atoms with van der Waals surface area (Å²) < 4.78 is 0. The standard InChI is InChI=1S/Cr.Fe.Mo.Nb. The molecule has 0 fully saturated rings. The van der Waals surface area contributed by atoms with Gasteiger partial charge in [-0.3, -0.25) is 0 Å². The monoisotopic (exact) mass is 299 g/mol. The van der Waals surface area contributed by atoms with E-state index in [1.54, 1.807) is 0 Å². The Kier molecular flexibility index (Phi) is 141. The van der Waals surface area contributed by atoms with Gasteiger partial charge >= 0.3 is 0 Å². The Morgan fingerprint density at radius 3 is 1.00 bits per heavy atom. The first kappa shape index (κ1) is 31.6. The van der Waals surface area contributed by atoms with Crippen LogP contribution in [0.1, 0.15) is 0 Å². The summed E-state index contributed by atoms with van der Waals surface area (Å²) in [6.45, 7) is 0. The van der Waals surface area contributed by atoms with E-state index in [2.05, 4.69) is 0 Å². The van der Waals surface area contributed by atoms with Gasteiger partial charge in [-0.25, -0.2) is 0 Å². The fourth-order valence-electron chi connectivity index (χ4n) is 0. The summed E-state index contributed by atoms with van der Waals surface area (Å²) in [6, 6.07) is 0. The summed E-state index contributed by atoms with van der Waals surface area (Å²) in [6.07, 6.45) is 0. The third kappa shape index (κ3) is 8.82. The summed E-state index contributed by atoms with van der Waals surface area (Å²) in [7, 11) is 0. The molecule has 1 radical (unpaired) electrons. The van der Waals surface area contributed by atoms with Gasteiger partial charge < -0.3 is 0 Å². The second-order valence-corrected chi connectivity index (χ2v) is 0. The van der Waals surface area contributed by atoms with Gasteiger partial charge in [0.25, 0.3) is 0 Å².